The molecule has 10 heteroatoms. The quantitative estimate of drug-likeness (QED) is 0.267. The monoisotopic (exact) mass is 402 g/mol. The molecule has 0 spiro atoms. The number of rotatable bonds is 4. The van der Waals surface area contributed by atoms with Gasteiger partial charge in [0.25, 0.3) is 0 Å². The summed E-state index contributed by atoms with van der Waals surface area (Å²) in [5, 5.41) is 9.77. The smallest absolute Gasteiger partial charge is 0.304 e. The van der Waals surface area contributed by atoms with Crippen molar-refractivity contribution < 1.29 is 4.74 Å². The number of nitrogens with zero attached hydrogens (tertiary/aromatic N) is 5. The van der Waals surface area contributed by atoms with Crippen LogP contribution in [0.25, 0.3) is 11.0 Å². The second-order valence-electron chi connectivity index (χ2n) is 4.98. The molecule has 3 rings (SSSR count). The molecule has 0 radical (unpaired) electrons. The minimum atomic E-state index is 0.185. The van der Waals surface area contributed by atoms with E-state index in [4.69, 9.17) is 16.0 Å². The third-order valence-electron chi connectivity index (χ3n) is 3.34. The van der Waals surface area contributed by atoms with Gasteiger partial charge in [-0.3, -0.25) is 0 Å². The van der Waals surface area contributed by atoms with Gasteiger partial charge in [0, 0.05) is 11.5 Å². The van der Waals surface area contributed by atoms with Gasteiger partial charge in [-0.2, -0.15) is 10.5 Å². The molecule has 0 saturated heterocycles. The summed E-state index contributed by atoms with van der Waals surface area (Å²) in [6.45, 7) is 0.185. The summed E-state index contributed by atoms with van der Waals surface area (Å²) in [6.07, 6.45) is 0. The standard InChI is InChI=1S/C15H15BrN8O/c1-19-14(22-23-18)24-12-7-9(16)5-6-11(12)21-15(24)25-8-10-3-2-4-13(17)20-10/h2-7H,8H2,1H3,(H2,17,20)(H2,18,19,22). The Kier molecular flexibility index (Phi) is 4.89. The number of fused-ring (bicyclic) bond motifs is 1. The highest BCUT2D eigenvalue weighted by atomic mass is 79.9. The van der Waals surface area contributed by atoms with Crippen molar-refractivity contribution in [2.75, 3.05) is 12.8 Å². The molecule has 0 aliphatic rings. The van der Waals surface area contributed by atoms with Crippen LogP contribution in [0.2, 0.25) is 0 Å². The molecule has 1 aromatic carbocycles. The second kappa shape index (κ2) is 7.26. The number of pyridine rings is 1. The Morgan fingerprint density at radius 2 is 2.20 bits per heavy atom. The summed E-state index contributed by atoms with van der Waals surface area (Å²) >= 11 is 3.44. The van der Waals surface area contributed by atoms with Crippen LogP contribution in [0, 0.1) is 5.53 Å². The highest BCUT2D eigenvalue weighted by molar-refractivity contribution is 9.10. The van der Waals surface area contributed by atoms with E-state index in [9.17, 15) is 0 Å². The predicted octanol–water partition coefficient (Wildman–Crippen LogP) is 2.72. The summed E-state index contributed by atoms with van der Waals surface area (Å²) < 4.78 is 8.35. The van der Waals surface area contributed by atoms with Gasteiger partial charge in [-0.25, -0.2) is 9.55 Å². The van der Waals surface area contributed by atoms with Crippen molar-refractivity contribution in [3.8, 4) is 6.01 Å². The summed E-state index contributed by atoms with van der Waals surface area (Å²) in [6, 6.07) is 11.2. The third kappa shape index (κ3) is 3.58. The van der Waals surface area contributed by atoms with E-state index in [2.05, 4.69) is 41.5 Å². The van der Waals surface area contributed by atoms with Gasteiger partial charge >= 0.3 is 6.01 Å². The van der Waals surface area contributed by atoms with E-state index in [1.807, 2.05) is 24.3 Å². The molecule has 3 aromatic rings. The molecule has 0 fully saturated rings. The fourth-order valence-electron chi connectivity index (χ4n) is 2.30. The zero-order chi connectivity index (χ0) is 17.8. The Balaban J connectivity index is 2.04. The van der Waals surface area contributed by atoms with Gasteiger partial charge in [0.2, 0.25) is 5.96 Å². The lowest BCUT2D eigenvalue weighted by Crippen LogP contribution is -2.27. The molecule has 0 atom stereocenters. The fraction of sp³-hybridized carbons (Fsp3) is 0.133. The van der Waals surface area contributed by atoms with Crippen molar-refractivity contribution in [1.82, 2.24) is 19.9 Å². The zero-order valence-electron chi connectivity index (χ0n) is 13.3. The largest absolute Gasteiger partial charge is 0.458 e. The number of nitrogens with two attached hydrogens (primary N) is 1. The van der Waals surface area contributed by atoms with Crippen molar-refractivity contribution in [2.24, 2.45) is 10.3 Å². The van der Waals surface area contributed by atoms with Crippen LogP contribution in [-0.4, -0.2) is 27.5 Å². The molecule has 9 nitrogen and oxygen atoms in total. The first kappa shape index (κ1) is 16.8. The average molecular weight is 403 g/mol. The number of hydrogen-bond acceptors (Lipinski definition) is 6. The minimum absolute atomic E-state index is 0.185. The van der Waals surface area contributed by atoms with E-state index in [1.54, 1.807) is 23.7 Å². The van der Waals surface area contributed by atoms with Crippen molar-refractivity contribution in [1.29, 1.82) is 5.53 Å². The molecular weight excluding hydrogens is 388 g/mol. The molecule has 0 amide bonds. The van der Waals surface area contributed by atoms with Gasteiger partial charge in [0.15, 0.2) is 0 Å². The summed E-state index contributed by atoms with van der Waals surface area (Å²) in [4.78, 5) is 8.68. The van der Waals surface area contributed by atoms with E-state index >= 15 is 0 Å². The lowest BCUT2D eigenvalue weighted by molar-refractivity contribution is 0.275. The fourth-order valence-corrected chi connectivity index (χ4v) is 2.65. The lowest BCUT2D eigenvalue weighted by atomic mass is 10.3. The molecule has 0 aliphatic carbocycles. The van der Waals surface area contributed by atoms with Gasteiger partial charge in [0.05, 0.1) is 16.7 Å². The van der Waals surface area contributed by atoms with Crippen molar-refractivity contribution in [3.05, 3.63) is 46.6 Å². The normalized spacial score (nSPS) is 11.5. The maximum Gasteiger partial charge on any atom is 0.304 e. The van der Waals surface area contributed by atoms with Crippen LogP contribution in [0.3, 0.4) is 0 Å². The molecule has 25 heavy (non-hydrogen) atoms. The number of imidazole rings is 1. The first-order chi connectivity index (χ1) is 12.1. The highest BCUT2D eigenvalue weighted by Gasteiger charge is 2.17. The summed E-state index contributed by atoms with van der Waals surface area (Å²) in [5.41, 5.74) is 14.8. The molecule has 0 unspecified atom stereocenters. The summed E-state index contributed by atoms with van der Waals surface area (Å²) in [7, 11) is 1.68. The summed E-state index contributed by atoms with van der Waals surface area (Å²) in [5.74, 6) is 0.732. The number of nitrogen functional groups attached to an aromatic ring is 1. The molecule has 0 aliphatic heterocycles. The van der Waals surface area contributed by atoms with Crippen molar-refractivity contribution in [2.45, 2.75) is 6.61 Å². The average Bonchev–Trinajstić information content (AvgIpc) is 2.95. The Hall–Kier alpha value is -3.01. The van der Waals surface area contributed by atoms with Crippen LogP contribution in [0.1, 0.15) is 5.69 Å². The lowest BCUT2D eigenvalue weighted by Gasteiger charge is -2.11. The maximum absolute atomic E-state index is 7.01. The Labute approximate surface area is 151 Å². The molecule has 128 valence electrons. The van der Waals surface area contributed by atoms with Gasteiger partial charge in [-0.1, -0.05) is 27.1 Å². The minimum Gasteiger partial charge on any atom is -0.458 e. The molecule has 0 bridgehead atoms. The van der Waals surface area contributed by atoms with Crippen LogP contribution in [-0.2, 0) is 6.61 Å². The molecule has 2 heterocycles. The van der Waals surface area contributed by atoms with E-state index < -0.39 is 0 Å². The van der Waals surface area contributed by atoms with Gasteiger partial charge in [0.1, 0.15) is 12.4 Å². The van der Waals surface area contributed by atoms with Gasteiger partial charge in [-0.15, -0.1) is 0 Å². The topological polar surface area (TPSA) is 127 Å². The number of benzene rings is 1. The molecule has 0 saturated carbocycles. The number of hydrogen-bond donors (Lipinski definition) is 3. The van der Waals surface area contributed by atoms with Gasteiger partial charge in [-0.05, 0) is 35.6 Å². The first-order valence-electron chi connectivity index (χ1n) is 7.27. The van der Waals surface area contributed by atoms with Crippen LogP contribution < -0.4 is 15.8 Å². The number of ether oxygens (including phenoxy) is 1. The van der Waals surface area contributed by atoms with Crippen LogP contribution in [0.15, 0.2) is 51.2 Å². The van der Waals surface area contributed by atoms with Crippen LogP contribution in [0.5, 0.6) is 6.01 Å². The van der Waals surface area contributed by atoms with Crippen molar-refractivity contribution in [3.63, 3.8) is 0 Å². The molecule has 4 N–H and O–H groups in total. The Bertz CT molecular complexity index is 952. The van der Waals surface area contributed by atoms with E-state index in [-0.39, 0.29) is 6.61 Å². The van der Waals surface area contributed by atoms with Crippen LogP contribution >= 0.6 is 15.9 Å². The van der Waals surface area contributed by atoms with E-state index in [1.165, 1.54) is 0 Å². The SMILES string of the molecule is CN/C(=N\N=N)n1c(OCc2cccc(N)n2)nc2ccc(Br)cc21. The molecule has 2 aromatic heterocycles. The Morgan fingerprint density at radius 1 is 1.36 bits per heavy atom. The second-order valence-corrected chi connectivity index (χ2v) is 5.89. The van der Waals surface area contributed by atoms with Crippen LogP contribution in [0.4, 0.5) is 5.82 Å². The number of aromatic nitrogens is 3. The third-order valence-corrected chi connectivity index (χ3v) is 3.84. The Morgan fingerprint density at radius 3 is 2.92 bits per heavy atom. The van der Waals surface area contributed by atoms with E-state index in [0.29, 0.717) is 29.0 Å². The number of nitrogens with one attached hydrogen (secondary N) is 2. The maximum atomic E-state index is 7.01. The first-order valence-corrected chi connectivity index (χ1v) is 8.06. The van der Waals surface area contributed by atoms with Crippen molar-refractivity contribution >= 4 is 38.7 Å². The predicted molar refractivity (Wildman–Crippen MR) is 97.5 cm³/mol. The number of halogens is 1. The molecular formula is C15H15BrN8O. The highest BCUT2D eigenvalue weighted by Crippen LogP contribution is 2.25. The zero-order valence-corrected chi connectivity index (χ0v) is 14.9. The number of anilines is 1. The van der Waals surface area contributed by atoms with E-state index in [0.717, 1.165) is 9.99 Å². The van der Waals surface area contributed by atoms with Gasteiger partial charge < -0.3 is 15.8 Å².